The highest BCUT2D eigenvalue weighted by atomic mass is 35.5. The Morgan fingerprint density at radius 1 is 1.15 bits per heavy atom. The number of nitrogens with zero attached hydrogens (tertiary/aromatic N) is 6. The highest BCUT2D eigenvalue weighted by Gasteiger charge is 2.15. The van der Waals surface area contributed by atoms with Crippen molar-refractivity contribution in [2.45, 2.75) is 16.5 Å². The lowest BCUT2D eigenvalue weighted by Crippen LogP contribution is -2.44. The summed E-state index contributed by atoms with van der Waals surface area (Å²) in [7, 11) is 5.78. The minimum atomic E-state index is 0.438. The first-order valence-electron chi connectivity index (χ1n) is 13.1. The van der Waals surface area contributed by atoms with Gasteiger partial charge in [-0.05, 0) is 43.8 Å². The topological polar surface area (TPSA) is 82.2 Å². The molecule has 2 aromatic carbocycles. The van der Waals surface area contributed by atoms with Gasteiger partial charge in [0.25, 0.3) is 0 Å². The van der Waals surface area contributed by atoms with Crippen LogP contribution in [0.15, 0.2) is 65.1 Å². The molecule has 4 aromatic rings. The van der Waals surface area contributed by atoms with E-state index in [1.807, 2.05) is 48.1 Å². The maximum absolute atomic E-state index is 9.85. The molecule has 0 radical (unpaired) electrons. The van der Waals surface area contributed by atoms with Gasteiger partial charge in [0.2, 0.25) is 0 Å². The number of nitrogens with one attached hydrogen (secondary N) is 1. The number of aromatic nitrogens is 3. The van der Waals surface area contributed by atoms with E-state index in [4.69, 9.17) is 16.3 Å². The first-order chi connectivity index (χ1) is 19.4. The van der Waals surface area contributed by atoms with E-state index < -0.39 is 0 Å². The second-order valence-electron chi connectivity index (χ2n) is 9.80. The molecule has 1 saturated heterocycles. The lowest BCUT2D eigenvalue weighted by Gasteiger charge is -2.32. The molecule has 2 aromatic heterocycles. The predicted octanol–water partition coefficient (Wildman–Crippen LogP) is 6.05. The SMILES string of the molecule is COc1cc2c(Nc3ccc(Sc4nccn4C)c(Cl)c3)c(C#N)cnc2cc1/C=C/CCN1CCN(C)CC1. The average molecular weight is 574 g/mol. The quantitative estimate of drug-likeness (QED) is 0.259. The first-order valence-corrected chi connectivity index (χ1v) is 14.3. The van der Waals surface area contributed by atoms with Gasteiger partial charge in [-0.15, -0.1) is 0 Å². The van der Waals surface area contributed by atoms with Gasteiger partial charge in [-0.25, -0.2) is 4.98 Å². The maximum Gasteiger partial charge on any atom is 0.172 e. The van der Waals surface area contributed by atoms with Crippen LogP contribution in [-0.4, -0.2) is 71.2 Å². The third-order valence-electron chi connectivity index (χ3n) is 7.02. The average Bonchev–Trinajstić information content (AvgIpc) is 3.37. The summed E-state index contributed by atoms with van der Waals surface area (Å²) in [5.41, 5.74) is 3.60. The molecule has 1 aliphatic heterocycles. The lowest BCUT2D eigenvalue weighted by molar-refractivity contribution is 0.156. The van der Waals surface area contributed by atoms with Crippen molar-refractivity contribution >= 4 is 51.7 Å². The van der Waals surface area contributed by atoms with E-state index in [1.54, 1.807) is 19.5 Å². The number of imidazole rings is 1. The summed E-state index contributed by atoms with van der Waals surface area (Å²) in [5.74, 6) is 0.725. The number of fused-ring (bicyclic) bond motifs is 1. The van der Waals surface area contributed by atoms with Gasteiger partial charge >= 0.3 is 0 Å². The zero-order valence-electron chi connectivity index (χ0n) is 22.9. The molecule has 1 N–H and O–H groups in total. The Kier molecular flexibility index (Phi) is 8.92. The van der Waals surface area contributed by atoms with Gasteiger partial charge in [-0.2, -0.15) is 5.26 Å². The van der Waals surface area contributed by atoms with Crippen LogP contribution in [0.2, 0.25) is 5.02 Å². The number of piperazine rings is 1. The number of ether oxygens (including phenoxy) is 1. The van der Waals surface area contributed by atoms with E-state index >= 15 is 0 Å². The molecule has 0 spiro atoms. The van der Waals surface area contributed by atoms with Crippen molar-refractivity contribution in [2.75, 3.05) is 52.2 Å². The number of halogens is 1. The largest absolute Gasteiger partial charge is 0.496 e. The zero-order chi connectivity index (χ0) is 28.1. The zero-order valence-corrected chi connectivity index (χ0v) is 24.5. The van der Waals surface area contributed by atoms with E-state index in [0.29, 0.717) is 16.3 Å². The minimum Gasteiger partial charge on any atom is -0.496 e. The number of hydrogen-bond donors (Lipinski definition) is 1. The lowest BCUT2D eigenvalue weighted by atomic mass is 10.0. The summed E-state index contributed by atoms with van der Waals surface area (Å²) in [6, 6.07) is 12.0. The van der Waals surface area contributed by atoms with Crippen LogP contribution >= 0.6 is 23.4 Å². The molecule has 8 nitrogen and oxygen atoms in total. The molecule has 0 bridgehead atoms. The maximum atomic E-state index is 9.85. The van der Waals surface area contributed by atoms with Crippen LogP contribution < -0.4 is 10.1 Å². The summed E-state index contributed by atoms with van der Waals surface area (Å²) in [4.78, 5) is 14.7. The van der Waals surface area contributed by atoms with Gasteiger partial charge < -0.3 is 24.4 Å². The molecule has 40 heavy (non-hydrogen) atoms. The van der Waals surface area contributed by atoms with Gasteiger partial charge in [-0.1, -0.05) is 35.5 Å². The number of anilines is 2. The first kappa shape index (κ1) is 28.0. The van der Waals surface area contributed by atoms with Gasteiger partial charge in [-0.3, -0.25) is 4.98 Å². The van der Waals surface area contributed by atoms with Gasteiger partial charge in [0.15, 0.2) is 5.16 Å². The number of rotatable bonds is 9. The molecular formula is C30H32ClN7OS. The van der Waals surface area contributed by atoms with Crippen molar-refractivity contribution < 1.29 is 4.74 Å². The molecule has 0 atom stereocenters. The van der Waals surface area contributed by atoms with Crippen LogP contribution in [0.25, 0.3) is 17.0 Å². The molecule has 0 unspecified atom stereocenters. The summed E-state index contributed by atoms with van der Waals surface area (Å²) in [6.07, 6.45) is 10.5. The van der Waals surface area contributed by atoms with Gasteiger partial charge in [0, 0.05) is 79.9 Å². The van der Waals surface area contributed by atoms with Crippen LogP contribution in [0.5, 0.6) is 5.75 Å². The molecule has 1 aliphatic rings. The van der Waals surface area contributed by atoms with Crippen LogP contribution in [-0.2, 0) is 7.05 Å². The summed E-state index contributed by atoms with van der Waals surface area (Å²) in [6.45, 7) is 5.51. The Morgan fingerprint density at radius 3 is 2.67 bits per heavy atom. The van der Waals surface area contributed by atoms with E-state index in [0.717, 1.165) is 77.1 Å². The molecule has 0 aliphatic carbocycles. The standard InChI is InChI=1S/C30H32ClN7OS/c1-36-12-14-38(15-13-36)10-5-4-6-21-16-26-24(18-27(21)39-3)29(22(19-32)20-34-26)35-23-7-8-28(25(31)17-23)40-30-33-9-11-37(30)2/h4,6-9,11,16-18,20H,5,10,12-15H2,1-3H3,(H,34,35)/b6-4+. The number of methoxy groups -OCH3 is 1. The van der Waals surface area contributed by atoms with Crippen molar-refractivity contribution in [3.05, 3.63) is 71.1 Å². The molecule has 0 saturated carbocycles. The molecule has 3 heterocycles. The summed E-state index contributed by atoms with van der Waals surface area (Å²) < 4.78 is 7.69. The Balaban J connectivity index is 1.37. The van der Waals surface area contributed by atoms with Crippen molar-refractivity contribution in [3.8, 4) is 11.8 Å². The molecule has 206 valence electrons. The molecule has 0 amide bonds. The van der Waals surface area contributed by atoms with Crippen molar-refractivity contribution in [3.63, 3.8) is 0 Å². The van der Waals surface area contributed by atoms with Crippen LogP contribution in [0, 0.1) is 11.3 Å². The van der Waals surface area contributed by atoms with E-state index in [1.165, 1.54) is 11.8 Å². The van der Waals surface area contributed by atoms with Crippen LogP contribution in [0.4, 0.5) is 11.4 Å². The van der Waals surface area contributed by atoms with Crippen LogP contribution in [0.1, 0.15) is 17.5 Å². The predicted molar refractivity (Wildman–Crippen MR) is 163 cm³/mol. The minimum absolute atomic E-state index is 0.438. The number of aryl methyl sites for hydroxylation is 1. The smallest absolute Gasteiger partial charge is 0.172 e. The molecule has 1 fully saturated rings. The Bertz CT molecular complexity index is 1570. The second kappa shape index (κ2) is 12.7. The number of hydrogen-bond acceptors (Lipinski definition) is 8. The van der Waals surface area contributed by atoms with Crippen molar-refractivity contribution in [2.24, 2.45) is 7.05 Å². The number of pyridine rings is 1. The second-order valence-corrected chi connectivity index (χ2v) is 11.2. The van der Waals surface area contributed by atoms with E-state index in [2.05, 4.69) is 50.4 Å². The number of benzene rings is 2. The number of likely N-dealkylation sites (N-methyl/N-ethyl adjacent to an activating group) is 1. The van der Waals surface area contributed by atoms with Crippen molar-refractivity contribution in [1.82, 2.24) is 24.3 Å². The van der Waals surface area contributed by atoms with E-state index in [-0.39, 0.29) is 0 Å². The summed E-state index contributed by atoms with van der Waals surface area (Å²) >= 11 is 8.13. The monoisotopic (exact) mass is 573 g/mol. The number of nitriles is 1. The van der Waals surface area contributed by atoms with Crippen LogP contribution in [0.3, 0.4) is 0 Å². The fourth-order valence-electron chi connectivity index (χ4n) is 4.65. The summed E-state index contributed by atoms with van der Waals surface area (Å²) in [5, 5.41) is 15.5. The van der Waals surface area contributed by atoms with Crippen molar-refractivity contribution in [1.29, 1.82) is 5.26 Å². The third kappa shape index (κ3) is 6.43. The van der Waals surface area contributed by atoms with E-state index in [9.17, 15) is 5.26 Å². The highest BCUT2D eigenvalue weighted by molar-refractivity contribution is 7.99. The fourth-order valence-corrected chi connectivity index (χ4v) is 5.76. The highest BCUT2D eigenvalue weighted by Crippen LogP contribution is 2.37. The molecule has 10 heteroatoms. The molecular weight excluding hydrogens is 542 g/mol. The third-order valence-corrected chi connectivity index (χ3v) is 8.60. The normalized spacial score (nSPS) is 14.6. The molecule has 5 rings (SSSR count). The fraction of sp³-hybridized carbons (Fsp3) is 0.300. The Labute approximate surface area is 244 Å². The Hall–Kier alpha value is -3.55. The van der Waals surface area contributed by atoms with Gasteiger partial charge in [0.05, 0.1) is 28.9 Å². The Morgan fingerprint density at radius 2 is 1.98 bits per heavy atom. The van der Waals surface area contributed by atoms with Gasteiger partial charge in [0.1, 0.15) is 11.8 Å².